The molecule has 20 heavy (non-hydrogen) atoms. The Bertz CT molecular complexity index is 594. The van der Waals surface area contributed by atoms with Crippen molar-refractivity contribution in [1.29, 1.82) is 0 Å². The predicted molar refractivity (Wildman–Crippen MR) is 88.4 cm³/mol. The van der Waals surface area contributed by atoms with E-state index in [1.807, 2.05) is 0 Å². The van der Waals surface area contributed by atoms with E-state index in [1.54, 1.807) is 0 Å². The van der Waals surface area contributed by atoms with E-state index in [-0.39, 0.29) is 5.38 Å². The number of rotatable bonds is 3. The van der Waals surface area contributed by atoms with Crippen LogP contribution in [0.1, 0.15) is 38.7 Å². The van der Waals surface area contributed by atoms with Crippen LogP contribution >= 0.6 is 11.6 Å². The Kier molecular flexibility index (Phi) is 3.77. The van der Waals surface area contributed by atoms with Gasteiger partial charge in [-0.3, -0.25) is 0 Å². The Morgan fingerprint density at radius 2 is 1.90 bits per heavy atom. The maximum atomic E-state index is 6.81. The molecule has 0 aromatic heterocycles. The van der Waals surface area contributed by atoms with Gasteiger partial charge in [-0.2, -0.15) is 0 Å². The molecular weight excluding hydrogens is 264 g/mol. The smallest absolute Gasteiger partial charge is 0.0409 e. The number of hydrogen-bond donors (Lipinski definition) is 0. The molecule has 2 atom stereocenters. The summed E-state index contributed by atoms with van der Waals surface area (Å²) in [7, 11) is 0. The highest BCUT2D eigenvalue weighted by molar-refractivity contribution is 6.21. The van der Waals surface area contributed by atoms with Crippen molar-refractivity contribution < 1.29 is 0 Å². The fourth-order valence-corrected chi connectivity index (χ4v) is 4.48. The highest BCUT2D eigenvalue weighted by atomic mass is 35.5. The van der Waals surface area contributed by atoms with Crippen LogP contribution < -0.4 is 0 Å². The van der Waals surface area contributed by atoms with E-state index in [0.29, 0.717) is 11.3 Å². The molecule has 1 aliphatic rings. The van der Waals surface area contributed by atoms with E-state index in [2.05, 4.69) is 56.3 Å². The Morgan fingerprint density at radius 3 is 2.65 bits per heavy atom. The molecule has 0 spiro atoms. The molecule has 1 saturated carbocycles. The quantitative estimate of drug-likeness (QED) is 0.624. The molecule has 1 aliphatic carbocycles. The Morgan fingerprint density at radius 1 is 1.15 bits per heavy atom. The van der Waals surface area contributed by atoms with Gasteiger partial charge in [-0.1, -0.05) is 62.7 Å². The molecule has 1 fully saturated rings. The zero-order chi connectivity index (χ0) is 14.2. The van der Waals surface area contributed by atoms with Crippen LogP contribution in [0.3, 0.4) is 0 Å². The summed E-state index contributed by atoms with van der Waals surface area (Å²) in [5, 5.41) is 2.93. The van der Waals surface area contributed by atoms with Crippen LogP contribution in [0.4, 0.5) is 0 Å². The van der Waals surface area contributed by atoms with Crippen molar-refractivity contribution in [2.24, 2.45) is 11.3 Å². The van der Waals surface area contributed by atoms with Gasteiger partial charge < -0.3 is 0 Å². The summed E-state index contributed by atoms with van der Waals surface area (Å²) >= 11 is 6.81. The zero-order valence-electron chi connectivity index (χ0n) is 12.4. The molecule has 0 N–H and O–H groups in total. The first kappa shape index (κ1) is 13.9. The van der Waals surface area contributed by atoms with E-state index in [9.17, 15) is 0 Å². The molecule has 106 valence electrons. The topological polar surface area (TPSA) is 0 Å². The highest BCUT2D eigenvalue weighted by Crippen LogP contribution is 2.46. The number of benzene rings is 2. The summed E-state index contributed by atoms with van der Waals surface area (Å²) in [5.74, 6) is 0.642. The van der Waals surface area contributed by atoms with E-state index in [4.69, 9.17) is 11.6 Å². The van der Waals surface area contributed by atoms with Crippen molar-refractivity contribution in [2.75, 3.05) is 0 Å². The van der Waals surface area contributed by atoms with Gasteiger partial charge in [-0.25, -0.2) is 0 Å². The molecule has 0 aliphatic heterocycles. The second kappa shape index (κ2) is 5.41. The number of fused-ring (bicyclic) bond motifs is 1. The Hall–Kier alpha value is -1.01. The van der Waals surface area contributed by atoms with Crippen molar-refractivity contribution >= 4 is 22.4 Å². The fraction of sp³-hybridized carbons (Fsp3) is 0.474. The van der Waals surface area contributed by atoms with Crippen molar-refractivity contribution in [1.82, 2.24) is 0 Å². The van der Waals surface area contributed by atoms with Gasteiger partial charge in [-0.05, 0) is 46.9 Å². The van der Waals surface area contributed by atoms with E-state index in [0.717, 1.165) is 6.42 Å². The first-order valence-corrected chi connectivity index (χ1v) is 8.12. The molecule has 2 unspecified atom stereocenters. The molecule has 2 aromatic carbocycles. The fourth-order valence-electron chi connectivity index (χ4n) is 3.85. The third kappa shape index (κ3) is 2.59. The molecule has 0 amide bonds. The number of hydrogen-bond acceptors (Lipinski definition) is 0. The normalized spacial score (nSPS) is 23.1. The van der Waals surface area contributed by atoms with Gasteiger partial charge in [-0.15, -0.1) is 11.6 Å². The molecule has 3 rings (SSSR count). The van der Waals surface area contributed by atoms with Gasteiger partial charge in [0.25, 0.3) is 0 Å². The van der Waals surface area contributed by atoms with Crippen molar-refractivity contribution in [3.63, 3.8) is 0 Å². The van der Waals surface area contributed by atoms with Crippen molar-refractivity contribution in [2.45, 2.75) is 44.9 Å². The van der Waals surface area contributed by atoms with E-state index < -0.39 is 0 Å². The van der Waals surface area contributed by atoms with Crippen LogP contribution in [0.5, 0.6) is 0 Å². The maximum Gasteiger partial charge on any atom is 0.0409 e. The van der Waals surface area contributed by atoms with Crippen LogP contribution in [0.2, 0.25) is 0 Å². The average Bonchev–Trinajstić information content (AvgIpc) is 2.79. The maximum absolute atomic E-state index is 6.81. The van der Waals surface area contributed by atoms with E-state index >= 15 is 0 Å². The van der Waals surface area contributed by atoms with Gasteiger partial charge in [0.05, 0.1) is 0 Å². The third-order valence-electron chi connectivity index (χ3n) is 5.07. The van der Waals surface area contributed by atoms with Crippen LogP contribution in [-0.2, 0) is 6.42 Å². The van der Waals surface area contributed by atoms with Gasteiger partial charge in [0.1, 0.15) is 0 Å². The van der Waals surface area contributed by atoms with E-state index in [1.165, 1.54) is 35.6 Å². The molecule has 0 nitrogen and oxygen atoms in total. The van der Waals surface area contributed by atoms with Crippen LogP contribution in [0.15, 0.2) is 42.5 Å². The zero-order valence-corrected chi connectivity index (χ0v) is 13.2. The lowest BCUT2D eigenvalue weighted by atomic mass is 9.78. The summed E-state index contributed by atoms with van der Waals surface area (Å²) in [4.78, 5) is 0. The standard InChI is InChI=1S/C19H23Cl/c1-19(2)12-6-11-17(19)18(20)13-15-9-5-8-14-7-3-4-10-16(14)15/h3-5,7-10,17-18H,6,11-13H2,1-2H3. The minimum Gasteiger partial charge on any atom is -0.122 e. The minimum atomic E-state index is 0.248. The first-order valence-electron chi connectivity index (χ1n) is 7.69. The van der Waals surface area contributed by atoms with Gasteiger partial charge in [0.2, 0.25) is 0 Å². The SMILES string of the molecule is CC1(C)CCCC1C(Cl)Cc1cccc2ccccc12. The monoisotopic (exact) mass is 286 g/mol. The largest absolute Gasteiger partial charge is 0.122 e. The second-order valence-corrected chi connectivity index (χ2v) is 7.41. The molecule has 2 aromatic rings. The van der Waals surface area contributed by atoms with Crippen molar-refractivity contribution in [3.05, 3.63) is 48.0 Å². The van der Waals surface area contributed by atoms with Crippen LogP contribution in [-0.4, -0.2) is 5.38 Å². The Labute approximate surface area is 127 Å². The lowest BCUT2D eigenvalue weighted by molar-refractivity contribution is 0.250. The average molecular weight is 287 g/mol. The molecule has 0 saturated heterocycles. The Balaban J connectivity index is 1.86. The van der Waals surface area contributed by atoms with Gasteiger partial charge in [0, 0.05) is 5.38 Å². The summed E-state index contributed by atoms with van der Waals surface area (Å²) < 4.78 is 0. The second-order valence-electron chi connectivity index (χ2n) is 6.85. The van der Waals surface area contributed by atoms with Gasteiger partial charge in [0.15, 0.2) is 0 Å². The third-order valence-corrected chi connectivity index (χ3v) is 5.53. The summed E-state index contributed by atoms with van der Waals surface area (Å²) in [6.45, 7) is 4.76. The predicted octanol–water partition coefficient (Wildman–Crippen LogP) is 5.82. The molecule has 0 radical (unpaired) electrons. The number of alkyl halides is 1. The molecule has 1 heteroatoms. The summed E-state index contributed by atoms with van der Waals surface area (Å²) in [5.41, 5.74) is 1.79. The lowest BCUT2D eigenvalue weighted by Gasteiger charge is -2.31. The van der Waals surface area contributed by atoms with Crippen LogP contribution in [0.25, 0.3) is 10.8 Å². The highest BCUT2D eigenvalue weighted by Gasteiger charge is 2.38. The molecule has 0 heterocycles. The minimum absolute atomic E-state index is 0.248. The molecule has 0 bridgehead atoms. The summed E-state index contributed by atoms with van der Waals surface area (Å²) in [6.07, 6.45) is 4.91. The number of halogens is 1. The summed E-state index contributed by atoms with van der Waals surface area (Å²) in [6, 6.07) is 15.2. The first-order chi connectivity index (χ1) is 9.58. The molecular formula is C19H23Cl. The van der Waals surface area contributed by atoms with Crippen molar-refractivity contribution in [3.8, 4) is 0 Å². The van der Waals surface area contributed by atoms with Gasteiger partial charge >= 0.3 is 0 Å². The van der Waals surface area contributed by atoms with Crippen LogP contribution in [0, 0.1) is 11.3 Å². The lowest BCUT2D eigenvalue weighted by Crippen LogP contribution is -2.27.